The maximum absolute atomic E-state index is 10.6. The van der Waals surface area contributed by atoms with Crippen molar-refractivity contribution in [3.63, 3.8) is 0 Å². The van der Waals surface area contributed by atoms with Crippen molar-refractivity contribution in [2.75, 3.05) is 6.61 Å². The van der Waals surface area contributed by atoms with Gasteiger partial charge in [0.05, 0.1) is 0 Å². The van der Waals surface area contributed by atoms with E-state index in [1.54, 1.807) is 0 Å². The number of carbonyl (C=O) groups is 1. The molecular formula is C24H26O3Se. The van der Waals surface area contributed by atoms with Crippen molar-refractivity contribution in [1.29, 1.82) is 0 Å². The molecule has 0 spiro atoms. The number of carboxylic acids is 1. The zero-order valence-corrected chi connectivity index (χ0v) is 17.2. The molecule has 1 N–H and O–H groups in total. The van der Waals surface area contributed by atoms with Gasteiger partial charge in [-0.05, 0) is 0 Å². The third-order valence-corrected chi connectivity index (χ3v) is 6.48. The quantitative estimate of drug-likeness (QED) is 0.545. The van der Waals surface area contributed by atoms with Crippen LogP contribution in [0.5, 0.6) is 5.75 Å². The summed E-state index contributed by atoms with van der Waals surface area (Å²) in [7, 11) is 0. The molecule has 0 aromatic heterocycles. The Kier molecular flexibility index (Phi) is 7.86. The summed E-state index contributed by atoms with van der Waals surface area (Å²) < 4.78 is 6.57. The van der Waals surface area contributed by atoms with E-state index in [1.807, 2.05) is 19.1 Å². The van der Waals surface area contributed by atoms with Gasteiger partial charge in [-0.2, -0.15) is 0 Å². The molecule has 0 unspecified atom stereocenters. The summed E-state index contributed by atoms with van der Waals surface area (Å²) >= 11 is 0.321. The fourth-order valence-electron chi connectivity index (χ4n) is 2.72. The SMILES string of the molecule is C.Cc1ccc(-c2ccc(C[Se]c3ccc(OCC(=O)O)c(C)c3)cc2)cc1. The number of hydrogen-bond acceptors (Lipinski definition) is 2. The molecule has 0 amide bonds. The van der Waals surface area contributed by atoms with Crippen molar-refractivity contribution in [2.24, 2.45) is 0 Å². The molecule has 0 fully saturated rings. The fraction of sp³-hybridized carbons (Fsp3) is 0.208. The van der Waals surface area contributed by atoms with Crippen molar-refractivity contribution in [3.05, 3.63) is 83.4 Å². The van der Waals surface area contributed by atoms with Crippen LogP contribution in [0.25, 0.3) is 11.1 Å². The Labute approximate surface area is 173 Å². The number of carboxylic acid groups (broad SMARTS) is 1. The zero-order chi connectivity index (χ0) is 19.2. The average Bonchev–Trinajstić information content (AvgIpc) is 2.66. The summed E-state index contributed by atoms with van der Waals surface area (Å²) in [4.78, 5) is 10.6. The molecule has 0 aliphatic rings. The third-order valence-electron chi connectivity index (χ3n) is 4.24. The van der Waals surface area contributed by atoms with E-state index in [2.05, 4.69) is 61.5 Å². The van der Waals surface area contributed by atoms with Crippen LogP contribution in [0.2, 0.25) is 0 Å². The Hall–Kier alpha value is -2.55. The number of aliphatic carboxylic acids is 1. The standard InChI is InChI=1S/C23H22O3Se.CH4/c1-16-3-7-19(8-4-16)20-9-5-18(6-10-20)15-27-21-11-12-22(17(2)13-21)26-14-23(24)25;/h3-13H,14-15H2,1-2H3,(H,24,25);1H4. The van der Waals surface area contributed by atoms with E-state index in [0.717, 1.165) is 10.9 Å². The molecule has 4 heteroatoms. The first kappa shape index (κ1) is 21.7. The molecule has 146 valence electrons. The zero-order valence-electron chi connectivity index (χ0n) is 15.4. The predicted molar refractivity (Wildman–Crippen MR) is 117 cm³/mol. The summed E-state index contributed by atoms with van der Waals surface area (Å²) in [6, 6.07) is 23.4. The first-order valence-corrected chi connectivity index (χ1v) is 10.8. The van der Waals surface area contributed by atoms with Crippen molar-refractivity contribution in [2.45, 2.75) is 26.6 Å². The minimum absolute atomic E-state index is 0. The Morgan fingerprint density at radius 1 is 0.929 bits per heavy atom. The second kappa shape index (κ2) is 10.1. The van der Waals surface area contributed by atoms with Gasteiger partial charge >= 0.3 is 166 Å². The van der Waals surface area contributed by atoms with Crippen LogP contribution in [0.3, 0.4) is 0 Å². The second-order valence-corrected chi connectivity index (χ2v) is 8.66. The average molecular weight is 441 g/mol. The Morgan fingerprint density at radius 2 is 1.54 bits per heavy atom. The number of rotatable bonds is 7. The predicted octanol–water partition coefficient (Wildman–Crippen LogP) is 4.60. The topological polar surface area (TPSA) is 46.5 Å². The molecule has 0 saturated carbocycles. The Balaban J connectivity index is 0.00000280. The number of aryl methyl sites for hydroxylation is 2. The molecule has 3 nitrogen and oxygen atoms in total. The second-order valence-electron chi connectivity index (χ2n) is 6.46. The number of hydrogen-bond donors (Lipinski definition) is 1. The minimum atomic E-state index is -0.961. The van der Waals surface area contributed by atoms with Gasteiger partial charge in [0.25, 0.3) is 0 Å². The third kappa shape index (κ3) is 5.98. The van der Waals surface area contributed by atoms with Gasteiger partial charge in [0, 0.05) is 0 Å². The van der Waals surface area contributed by atoms with E-state index in [-0.39, 0.29) is 14.0 Å². The number of benzene rings is 3. The molecule has 0 aliphatic heterocycles. The summed E-state index contributed by atoms with van der Waals surface area (Å²) in [5.74, 6) is -0.323. The molecule has 0 radical (unpaired) electrons. The van der Waals surface area contributed by atoms with Crippen LogP contribution in [0.1, 0.15) is 24.1 Å². The molecule has 3 aromatic carbocycles. The Bertz CT molecular complexity index is 916. The molecule has 0 heterocycles. The maximum atomic E-state index is 10.6. The van der Waals surface area contributed by atoms with Gasteiger partial charge in [0.1, 0.15) is 0 Å². The van der Waals surface area contributed by atoms with Gasteiger partial charge in [0.2, 0.25) is 0 Å². The van der Waals surface area contributed by atoms with Crippen molar-refractivity contribution < 1.29 is 14.6 Å². The molecule has 28 heavy (non-hydrogen) atoms. The van der Waals surface area contributed by atoms with Crippen LogP contribution in [0, 0.1) is 13.8 Å². The van der Waals surface area contributed by atoms with E-state index in [4.69, 9.17) is 9.84 Å². The Morgan fingerprint density at radius 3 is 2.11 bits per heavy atom. The van der Waals surface area contributed by atoms with Crippen LogP contribution in [0.15, 0.2) is 66.7 Å². The van der Waals surface area contributed by atoms with Gasteiger partial charge < -0.3 is 0 Å². The van der Waals surface area contributed by atoms with Crippen LogP contribution < -0.4 is 9.20 Å². The molecule has 0 bridgehead atoms. The molecule has 0 atom stereocenters. The first-order valence-electron chi connectivity index (χ1n) is 8.75. The van der Waals surface area contributed by atoms with Gasteiger partial charge in [-0.1, -0.05) is 7.43 Å². The van der Waals surface area contributed by atoms with E-state index < -0.39 is 5.97 Å². The summed E-state index contributed by atoms with van der Waals surface area (Å²) in [6.07, 6.45) is 0. The van der Waals surface area contributed by atoms with E-state index >= 15 is 0 Å². The van der Waals surface area contributed by atoms with Crippen molar-refractivity contribution >= 4 is 25.4 Å². The molecule has 3 rings (SSSR count). The van der Waals surface area contributed by atoms with Crippen LogP contribution >= 0.6 is 0 Å². The summed E-state index contributed by atoms with van der Waals surface area (Å²) in [5, 5.41) is 9.74. The van der Waals surface area contributed by atoms with Gasteiger partial charge in [-0.25, -0.2) is 0 Å². The monoisotopic (exact) mass is 442 g/mol. The van der Waals surface area contributed by atoms with Crippen molar-refractivity contribution in [3.8, 4) is 16.9 Å². The molecule has 0 saturated heterocycles. The first-order chi connectivity index (χ1) is 13.0. The summed E-state index contributed by atoms with van der Waals surface area (Å²) in [6.45, 7) is 3.74. The normalized spacial score (nSPS) is 10.2. The number of ether oxygens (including phenoxy) is 1. The van der Waals surface area contributed by atoms with Crippen LogP contribution in [0.4, 0.5) is 0 Å². The van der Waals surface area contributed by atoms with E-state index in [9.17, 15) is 4.79 Å². The van der Waals surface area contributed by atoms with E-state index in [1.165, 1.54) is 26.7 Å². The molecular weight excluding hydrogens is 415 g/mol. The van der Waals surface area contributed by atoms with Crippen molar-refractivity contribution in [1.82, 2.24) is 0 Å². The van der Waals surface area contributed by atoms with Crippen LogP contribution in [-0.4, -0.2) is 32.6 Å². The molecule has 3 aromatic rings. The van der Waals surface area contributed by atoms with Crippen LogP contribution in [-0.2, 0) is 10.1 Å². The van der Waals surface area contributed by atoms with Gasteiger partial charge in [-0.15, -0.1) is 0 Å². The van der Waals surface area contributed by atoms with Gasteiger partial charge in [0.15, 0.2) is 0 Å². The fourth-order valence-corrected chi connectivity index (χ4v) is 4.71. The summed E-state index contributed by atoms with van der Waals surface area (Å²) in [5.41, 5.74) is 6.06. The van der Waals surface area contributed by atoms with E-state index in [0.29, 0.717) is 20.7 Å². The van der Waals surface area contributed by atoms with Gasteiger partial charge in [-0.3, -0.25) is 0 Å². The molecule has 0 aliphatic carbocycles.